The third-order valence-corrected chi connectivity index (χ3v) is 8.23. The predicted octanol–water partition coefficient (Wildman–Crippen LogP) is 2.48. The van der Waals surface area contributed by atoms with Gasteiger partial charge in [0.1, 0.15) is 5.75 Å². The van der Waals surface area contributed by atoms with Gasteiger partial charge < -0.3 is 24.8 Å². The van der Waals surface area contributed by atoms with E-state index in [-0.39, 0.29) is 30.0 Å². The van der Waals surface area contributed by atoms with E-state index in [1.54, 1.807) is 38.1 Å². The number of hydrogen-bond donors (Lipinski definition) is 2. The summed E-state index contributed by atoms with van der Waals surface area (Å²) in [6.07, 6.45) is 0.426. The molecule has 11 heteroatoms. The highest BCUT2D eigenvalue weighted by molar-refractivity contribution is 7.89. The summed E-state index contributed by atoms with van der Waals surface area (Å²) < 4.78 is 44.6. The van der Waals surface area contributed by atoms with E-state index in [0.29, 0.717) is 53.6 Å². The fraction of sp³-hybridized carbons (Fsp3) is 0.391. The molecule has 3 aliphatic heterocycles. The second-order valence-electron chi connectivity index (χ2n) is 8.62. The monoisotopic (exact) mass is 487 g/mol. The molecule has 1 fully saturated rings. The van der Waals surface area contributed by atoms with Crippen molar-refractivity contribution in [3.05, 3.63) is 35.9 Å². The molecule has 0 aliphatic carbocycles. The van der Waals surface area contributed by atoms with Gasteiger partial charge in [0.2, 0.25) is 22.7 Å². The molecule has 2 amide bonds. The van der Waals surface area contributed by atoms with Gasteiger partial charge in [-0.25, -0.2) is 8.42 Å². The van der Waals surface area contributed by atoms with Crippen molar-refractivity contribution in [1.29, 1.82) is 0 Å². The summed E-state index contributed by atoms with van der Waals surface area (Å²) in [6, 6.07) is 8.18. The number of amides is 2. The Morgan fingerprint density at radius 2 is 1.94 bits per heavy atom. The van der Waals surface area contributed by atoms with E-state index in [9.17, 15) is 18.0 Å². The van der Waals surface area contributed by atoms with Gasteiger partial charge >= 0.3 is 0 Å². The van der Waals surface area contributed by atoms with Crippen LogP contribution < -0.4 is 24.8 Å². The highest BCUT2D eigenvalue weighted by atomic mass is 32.2. The number of carbonyl (C=O) groups excluding carboxylic acids is 2. The molecule has 0 bridgehead atoms. The van der Waals surface area contributed by atoms with E-state index in [4.69, 9.17) is 14.2 Å². The van der Waals surface area contributed by atoms with Gasteiger partial charge in [0.15, 0.2) is 17.6 Å². The molecule has 0 saturated carbocycles. The standard InChI is InChI=1S/C23H25N3O7S/c1-13-8-17-19(33-14(2)22(27)25-17)10-21(13)34(29,30)26-7-3-4-15(11-26)23(28)24-16-5-6-18-20(9-16)32-12-31-18/h5-6,8-10,14-15H,3-4,7,11-12H2,1-2H3,(H,24,28)(H,25,27)/t14-,15-/m1/s1. The Labute approximate surface area is 197 Å². The lowest BCUT2D eigenvalue weighted by atomic mass is 9.98. The topological polar surface area (TPSA) is 123 Å². The number of nitrogens with zero attached hydrogens (tertiary/aromatic N) is 1. The first-order chi connectivity index (χ1) is 16.2. The van der Waals surface area contributed by atoms with E-state index in [1.165, 1.54) is 10.4 Å². The Hall–Kier alpha value is -3.31. The number of rotatable bonds is 4. The summed E-state index contributed by atoms with van der Waals surface area (Å²) in [4.78, 5) is 24.9. The average Bonchev–Trinajstić information content (AvgIpc) is 3.28. The number of carbonyl (C=O) groups is 2. The zero-order valence-corrected chi connectivity index (χ0v) is 19.6. The van der Waals surface area contributed by atoms with Gasteiger partial charge in [-0.15, -0.1) is 0 Å². The van der Waals surface area contributed by atoms with Crippen LogP contribution in [0.15, 0.2) is 35.2 Å². The first-order valence-electron chi connectivity index (χ1n) is 11.1. The minimum atomic E-state index is -3.88. The molecule has 0 unspecified atom stereocenters. The van der Waals surface area contributed by atoms with E-state index >= 15 is 0 Å². The van der Waals surface area contributed by atoms with Crippen molar-refractivity contribution >= 4 is 33.2 Å². The highest BCUT2D eigenvalue weighted by Gasteiger charge is 2.35. The molecule has 0 spiro atoms. The van der Waals surface area contributed by atoms with Crippen molar-refractivity contribution in [3.8, 4) is 17.2 Å². The number of hydrogen-bond acceptors (Lipinski definition) is 7. The molecule has 10 nitrogen and oxygen atoms in total. The number of ether oxygens (including phenoxy) is 3. The van der Waals surface area contributed by atoms with Gasteiger partial charge in [-0.05, 0) is 50.5 Å². The fourth-order valence-electron chi connectivity index (χ4n) is 4.35. The van der Waals surface area contributed by atoms with Crippen LogP contribution in [0.3, 0.4) is 0 Å². The molecule has 34 heavy (non-hydrogen) atoms. The second kappa shape index (κ2) is 8.48. The Balaban J connectivity index is 1.33. The molecule has 2 aromatic carbocycles. The molecule has 2 aromatic rings. The van der Waals surface area contributed by atoms with Crippen molar-refractivity contribution in [3.63, 3.8) is 0 Å². The van der Waals surface area contributed by atoms with Crippen LogP contribution in [0, 0.1) is 12.8 Å². The maximum absolute atomic E-state index is 13.5. The summed E-state index contributed by atoms with van der Waals surface area (Å²) in [7, 11) is -3.88. The van der Waals surface area contributed by atoms with Gasteiger partial charge in [0.25, 0.3) is 5.91 Å². The second-order valence-corrected chi connectivity index (χ2v) is 10.5. The van der Waals surface area contributed by atoms with Gasteiger partial charge in [0, 0.05) is 30.9 Å². The van der Waals surface area contributed by atoms with Crippen molar-refractivity contribution in [2.75, 3.05) is 30.5 Å². The molecule has 3 heterocycles. The number of aryl methyl sites for hydroxylation is 1. The largest absolute Gasteiger partial charge is 0.479 e. The van der Waals surface area contributed by atoms with Gasteiger partial charge in [0.05, 0.1) is 16.5 Å². The molecule has 3 aliphatic rings. The molecule has 0 radical (unpaired) electrons. The Kier molecular flexibility index (Phi) is 5.61. The summed E-state index contributed by atoms with van der Waals surface area (Å²) in [6.45, 7) is 3.80. The van der Waals surface area contributed by atoms with Crippen LogP contribution in [0.5, 0.6) is 17.2 Å². The molecule has 2 atom stereocenters. The van der Waals surface area contributed by atoms with Crippen LogP contribution in [-0.2, 0) is 19.6 Å². The normalized spacial score (nSPS) is 21.9. The molecule has 5 rings (SSSR count). The van der Waals surface area contributed by atoms with Crippen LogP contribution in [0.1, 0.15) is 25.3 Å². The summed E-state index contributed by atoms with van der Waals surface area (Å²) >= 11 is 0. The summed E-state index contributed by atoms with van der Waals surface area (Å²) in [5.41, 5.74) is 1.50. The van der Waals surface area contributed by atoms with E-state index in [2.05, 4.69) is 10.6 Å². The van der Waals surface area contributed by atoms with Crippen molar-refractivity contribution in [2.45, 2.75) is 37.7 Å². The number of piperidine rings is 1. The number of benzene rings is 2. The van der Waals surface area contributed by atoms with Crippen LogP contribution >= 0.6 is 0 Å². The number of fused-ring (bicyclic) bond motifs is 2. The van der Waals surface area contributed by atoms with Gasteiger partial charge in [-0.2, -0.15) is 4.31 Å². The van der Waals surface area contributed by atoms with Crippen molar-refractivity contribution < 1.29 is 32.2 Å². The lowest BCUT2D eigenvalue weighted by Crippen LogP contribution is -2.44. The zero-order chi connectivity index (χ0) is 24.0. The smallest absolute Gasteiger partial charge is 0.265 e. The van der Waals surface area contributed by atoms with Gasteiger partial charge in [-0.3, -0.25) is 9.59 Å². The van der Waals surface area contributed by atoms with Crippen molar-refractivity contribution in [2.24, 2.45) is 5.92 Å². The highest BCUT2D eigenvalue weighted by Crippen LogP contribution is 2.37. The van der Waals surface area contributed by atoms with Crippen molar-refractivity contribution in [1.82, 2.24) is 4.31 Å². The quantitative estimate of drug-likeness (QED) is 0.679. The Morgan fingerprint density at radius 3 is 2.76 bits per heavy atom. The van der Waals surface area contributed by atoms with Crippen LogP contribution in [0.2, 0.25) is 0 Å². The van der Waals surface area contributed by atoms with Crippen LogP contribution in [0.4, 0.5) is 11.4 Å². The van der Waals surface area contributed by atoms with E-state index < -0.39 is 22.0 Å². The zero-order valence-electron chi connectivity index (χ0n) is 18.8. The Bertz CT molecular complexity index is 1280. The van der Waals surface area contributed by atoms with E-state index in [0.717, 1.165) is 0 Å². The SMILES string of the molecule is Cc1cc2c(cc1S(=O)(=O)N1CCC[C@@H](C(=O)Nc3ccc4c(c3)OCO4)C1)O[C@H](C)C(=O)N2. The number of anilines is 2. The number of nitrogens with one attached hydrogen (secondary N) is 2. The average molecular weight is 488 g/mol. The third kappa shape index (κ3) is 4.05. The first-order valence-corrected chi connectivity index (χ1v) is 12.5. The fourth-order valence-corrected chi connectivity index (χ4v) is 6.10. The Morgan fingerprint density at radius 1 is 1.15 bits per heavy atom. The molecular weight excluding hydrogens is 462 g/mol. The van der Waals surface area contributed by atoms with Crippen LogP contribution in [-0.4, -0.2) is 50.5 Å². The minimum absolute atomic E-state index is 0.0727. The van der Waals surface area contributed by atoms with Crippen LogP contribution in [0.25, 0.3) is 0 Å². The van der Waals surface area contributed by atoms with E-state index in [1.807, 2.05) is 0 Å². The molecule has 2 N–H and O–H groups in total. The first kappa shape index (κ1) is 22.5. The number of sulfonamides is 1. The lowest BCUT2D eigenvalue weighted by Gasteiger charge is -2.32. The molecular formula is C23H25N3O7S. The summed E-state index contributed by atoms with van der Waals surface area (Å²) in [5, 5.41) is 5.59. The third-order valence-electron chi connectivity index (χ3n) is 6.22. The van der Waals surface area contributed by atoms with Gasteiger partial charge in [-0.1, -0.05) is 0 Å². The lowest BCUT2D eigenvalue weighted by molar-refractivity contribution is -0.123. The predicted molar refractivity (Wildman–Crippen MR) is 123 cm³/mol. The maximum Gasteiger partial charge on any atom is 0.265 e. The summed E-state index contributed by atoms with van der Waals surface area (Å²) in [5.74, 6) is 0.455. The maximum atomic E-state index is 13.5. The molecule has 0 aromatic heterocycles. The molecule has 180 valence electrons. The minimum Gasteiger partial charge on any atom is -0.479 e. The molecule has 1 saturated heterocycles.